The Labute approximate surface area is 120 Å². The van der Waals surface area contributed by atoms with Gasteiger partial charge in [0.05, 0.1) is 18.4 Å². The van der Waals surface area contributed by atoms with E-state index in [4.69, 9.17) is 4.74 Å². The van der Waals surface area contributed by atoms with Crippen molar-refractivity contribution in [2.24, 2.45) is 0 Å². The van der Waals surface area contributed by atoms with Gasteiger partial charge in [0.25, 0.3) is 0 Å². The van der Waals surface area contributed by atoms with Crippen LogP contribution in [-0.2, 0) is 9.53 Å². The maximum absolute atomic E-state index is 11.8. The van der Waals surface area contributed by atoms with E-state index in [-0.39, 0.29) is 24.8 Å². The molecule has 1 aliphatic heterocycles. The summed E-state index contributed by atoms with van der Waals surface area (Å²) in [6.07, 6.45) is 2.75. The SMILES string of the molecule is O=C(CSc1nnnn1C1CC1)NCC1(O)CCOC1. The topological polar surface area (TPSA) is 102 Å². The Morgan fingerprint density at radius 1 is 1.60 bits per heavy atom. The zero-order valence-corrected chi connectivity index (χ0v) is 11.8. The normalized spacial score (nSPS) is 25.9. The smallest absolute Gasteiger partial charge is 0.230 e. The first-order valence-electron chi connectivity index (χ1n) is 6.64. The van der Waals surface area contributed by atoms with Crippen LogP contribution in [0.5, 0.6) is 0 Å². The zero-order chi connectivity index (χ0) is 14.0. The summed E-state index contributed by atoms with van der Waals surface area (Å²) < 4.78 is 6.90. The molecule has 20 heavy (non-hydrogen) atoms. The van der Waals surface area contributed by atoms with Gasteiger partial charge in [0, 0.05) is 19.6 Å². The predicted octanol–water partition coefficient (Wildman–Crippen LogP) is -0.632. The average molecular weight is 299 g/mol. The molecule has 1 saturated carbocycles. The molecule has 0 spiro atoms. The minimum atomic E-state index is -0.921. The zero-order valence-electron chi connectivity index (χ0n) is 11.0. The van der Waals surface area contributed by atoms with E-state index in [1.54, 1.807) is 4.68 Å². The highest BCUT2D eigenvalue weighted by Gasteiger charge is 2.32. The van der Waals surface area contributed by atoms with Crippen LogP contribution in [0.4, 0.5) is 0 Å². The van der Waals surface area contributed by atoms with E-state index < -0.39 is 5.60 Å². The highest BCUT2D eigenvalue weighted by molar-refractivity contribution is 7.99. The van der Waals surface area contributed by atoms with Gasteiger partial charge in [0.15, 0.2) is 0 Å². The third-order valence-electron chi connectivity index (χ3n) is 3.38. The lowest BCUT2D eigenvalue weighted by Crippen LogP contribution is -2.43. The Bertz CT molecular complexity index is 484. The molecular formula is C11H17N5O3S. The van der Waals surface area contributed by atoms with Crippen LogP contribution in [0, 0.1) is 0 Å². The van der Waals surface area contributed by atoms with Crippen LogP contribution >= 0.6 is 11.8 Å². The number of carbonyl (C=O) groups excluding carboxylic acids is 1. The van der Waals surface area contributed by atoms with Crippen molar-refractivity contribution in [3.63, 3.8) is 0 Å². The second kappa shape index (κ2) is 5.66. The number of tetrazole rings is 1. The number of thioether (sulfide) groups is 1. The number of ether oxygens (including phenoxy) is 1. The minimum absolute atomic E-state index is 0.138. The summed E-state index contributed by atoms with van der Waals surface area (Å²) in [5.41, 5.74) is -0.921. The maximum Gasteiger partial charge on any atom is 0.230 e. The third kappa shape index (κ3) is 3.28. The third-order valence-corrected chi connectivity index (χ3v) is 4.32. The molecule has 1 aliphatic carbocycles. The van der Waals surface area contributed by atoms with Gasteiger partial charge in [0.2, 0.25) is 11.1 Å². The molecule has 1 saturated heterocycles. The van der Waals surface area contributed by atoms with Crippen molar-refractivity contribution >= 4 is 17.7 Å². The number of nitrogens with zero attached hydrogens (tertiary/aromatic N) is 4. The molecule has 1 unspecified atom stereocenters. The van der Waals surface area contributed by atoms with Crippen molar-refractivity contribution in [3.8, 4) is 0 Å². The van der Waals surface area contributed by atoms with E-state index in [0.29, 0.717) is 24.2 Å². The molecule has 2 heterocycles. The van der Waals surface area contributed by atoms with Crippen molar-refractivity contribution in [2.45, 2.75) is 36.1 Å². The Hall–Kier alpha value is -1.19. The summed E-state index contributed by atoms with van der Waals surface area (Å²) in [5, 5.41) is 24.9. The van der Waals surface area contributed by atoms with Gasteiger partial charge in [-0.3, -0.25) is 4.79 Å². The number of amides is 1. The Kier molecular flexibility index (Phi) is 3.90. The van der Waals surface area contributed by atoms with E-state index in [9.17, 15) is 9.90 Å². The Morgan fingerprint density at radius 2 is 2.45 bits per heavy atom. The molecule has 2 fully saturated rings. The van der Waals surface area contributed by atoms with Crippen LogP contribution in [0.15, 0.2) is 5.16 Å². The molecule has 1 atom stereocenters. The molecule has 3 rings (SSSR count). The second-order valence-electron chi connectivity index (χ2n) is 5.23. The average Bonchev–Trinajstić information content (AvgIpc) is 3.01. The summed E-state index contributed by atoms with van der Waals surface area (Å²) in [5.74, 6) is 0.102. The molecular weight excluding hydrogens is 282 g/mol. The van der Waals surface area contributed by atoms with Gasteiger partial charge in [-0.1, -0.05) is 11.8 Å². The van der Waals surface area contributed by atoms with Crippen molar-refractivity contribution in [3.05, 3.63) is 0 Å². The van der Waals surface area contributed by atoms with Gasteiger partial charge in [-0.2, -0.15) is 0 Å². The molecule has 0 aromatic carbocycles. The lowest BCUT2D eigenvalue weighted by Gasteiger charge is -2.20. The number of nitrogens with one attached hydrogen (secondary N) is 1. The molecule has 1 aromatic rings. The van der Waals surface area contributed by atoms with E-state index in [0.717, 1.165) is 12.8 Å². The number of aliphatic hydroxyl groups is 1. The highest BCUT2D eigenvalue weighted by atomic mass is 32.2. The molecule has 2 aliphatic rings. The minimum Gasteiger partial charge on any atom is -0.386 e. The number of rotatable bonds is 6. The lowest BCUT2D eigenvalue weighted by molar-refractivity contribution is -0.119. The molecule has 1 aromatic heterocycles. The van der Waals surface area contributed by atoms with Gasteiger partial charge >= 0.3 is 0 Å². The fourth-order valence-corrected chi connectivity index (χ4v) is 2.78. The van der Waals surface area contributed by atoms with Gasteiger partial charge < -0.3 is 15.2 Å². The van der Waals surface area contributed by atoms with Gasteiger partial charge in [-0.15, -0.1) is 5.10 Å². The summed E-state index contributed by atoms with van der Waals surface area (Å²) in [6.45, 7) is 1.04. The summed E-state index contributed by atoms with van der Waals surface area (Å²) in [6, 6.07) is 0.395. The van der Waals surface area contributed by atoms with Crippen LogP contribution < -0.4 is 5.32 Å². The van der Waals surface area contributed by atoms with Crippen LogP contribution in [-0.4, -0.2) is 62.3 Å². The predicted molar refractivity (Wildman–Crippen MR) is 70.2 cm³/mol. The Balaban J connectivity index is 1.43. The van der Waals surface area contributed by atoms with Crippen molar-refractivity contribution in [2.75, 3.05) is 25.5 Å². The number of hydrogen-bond donors (Lipinski definition) is 2. The number of aromatic nitrogens is 4. The van der Waals surface area contributed by atoms with Crippen molar-refractivity contribution < 1.29 is 14.6 Å². The second-order valence-corrected chi connectivity index (χ2v) is 6.17. The summed E-state index contributed by atoms with van der Waals surface area (Å²) in [7, 11) is 0. The molecule has 110 valence electrons. The molecule has 0 bridgehead atoms. The fourth-order valence-electron chi connectivity index (χ4n) is 2.01. The standard InChI is InChI=1S/C11H17N5O3S/c17-9(12-6-11(18)3-4-19-7-11)5-20-10-13-14-15-16(10)8-1-2-8/h8,18H,1-7H2,(H,12,17). The highest BCUT2D eigenvalue weighted by Crippen LogP contribution is 2.36. The number of hydrogen-bond acceptors (Lipinski definition) is 7. The quantitative estimate of drug-likeness (QED) is 0.674. The molecule has 9 heteroatoms. The van der Waals surface area contributed by atoms with Crippen LogP contribution in [0.1, 0.15) is 25.3 Å². The van der Waals surface area contributed by atoms with Crippen LogP contribution in [0.25, 0.3) is 0 Å². The van der Waals surface area contributed by atoms with E-state index in [1.807, 2.05) is 0 Å². The van der Waals surface area contributed by atoms with Crippen LogP contribution in [0.3, 0.4) is 0 Å². The molecule has 8 nitrogen and oxygen atoms in total. The molecule has 0 radical (unpaired) electrons. The maximum atomic E-state index is 11.8. The van der Waals surface area contributed by atoms with E-state index >= 15 is 0 Å². The number of carbonyl (C=O) groups is 1. The van der Waals surface area contributed by atoms with Gasteiger partial charge in [-0.25, -0.2) is 4.68 Å². The molecule has 2 N–H and O–H groups in total. The fraction of sp³-hybridized carbons (Fsp3) is 0.818. The van der Waals surface area contributed by atoms with Crippen LogP contribution in [0.2, 0.25) is 0 Å². The largest absolute Gasteiger partial charge is 0.386 e. The van der Waals surface area contributed by atoms with E-state index in [1.165, 1.54) is 11.8 Å². The van der Waals surface area contributed by atoms with Crippen molar-refractivity contribution in [1.82, 2.24) is 25.5 Å². The monoisotopic (exact) mass is 299 g/mol. The van der Waals surface area contributed by atoms with E-state index in [2.05, 4.69) is 20.8 Å². The first kappa shape index (κ1) is 13.8. The first-order chi connectivity index (χ1) is 9.66. The van der Waals surface area contributed by atoms with Gasteiger partial charge in [0.1, 0.15) is 5.60 Å². The molecule has 1 amide bonds. The summed E-state index contributed by atoms with van der Waals surface area (Å²) >= 11 is 1.31. The Morgan fingerprint density at radius 3 is 3.15 bits per heavy atom. The first-order valence-corrected chi connectivity index (χ1v) is 7.62. The van der Waals surface area contributed by atoms with Gasteiger partial charge in [-0.05, 0) is 23.3 Å². The lowest BCUT2D eigenvalue weighted by atomic mass is 10.0. The van der Waals surface area contributed by atoms with Crippen molar-refractivity contribution in [1.29, 1.82) is 0 Å². The summed E-state index contributed by atoms with van der Waals surface area (Å²) in [4.78, 5) is 11.8.